The van der Waals surface area contributed by atoms with E-state index in [-0.39, 0.29) is 6.04 Å². The maximum atomic E-state index is 5.43. The van der Waals surface area contributed by atoms with Crippen molar-refractivity contribution in [2.24, 2.45) is 0 Å². The lowest BCUT2D eigenvalue weighted by atomic mass is 10.1. The number of terminal acetylenes is 1. The van der Waals surface area contributed by atoms with E-state index in [2.05, 4.69) is 53.1 Å². The minimum absolute atomic E-state index is 0.122. The molecular formula is C13H16BrN. The maximum Gasteiger partial charge on any atom is 0.0871 e. The van der Waals surface area contributed by atoms with Crippen molar-refractivity contribution >= 4 is 21.6 Å². The zero-order valence-electron chi connectivity index (χ0n) is 9.18. The summed E-state index contributed by atoms with van der Waals surface area (Å²) in [7, 11) is 0. The van der Waals surface area contributed by atoms with Gasteiger partial charge in [0, 0.05) is 10.2 Å². The lowest BCUT2D eigenvalue weighted by Gasteiger charge is -2.15. The predicted molar refractivity (Wildman–Crippen MR) is 70.1 cm³/mol. The Labute approximate surface area is 100 Å². The zero-order chi connectivity index (χ0) is 11.3. The second-order valence-electron chi connectivity index (χ2n) is 3.43. The van der Waals surface area contributed by atoms with Crippen LogP contribution >= 0.6 is 15.9 Å². The van der Waals surface area contributed by atoms with Crippen molar-refractivity contribution in [3.8, 4) is 12.3 Å². The molecule has 0 aliphatic carbocycles. The molecule has 0 bridgehead atoms. The lowest BCUT2D eigenvalue weighted by molar-refractivity contribution is 0.854. The number of hydrogen-bond acceptors (Lipinski definition) is 1. The Morgan fingerprint density at radius 2 is 2.20 bits per heavy atom. The van der Waals surface area contributed by atoms with Crippen molar-refractivity contribution in [3.63, 3.8) is 0 Å². The van der Waals surface area contributed by atoms with E-state index >= 15 is 0 Å². The molecule has 0 amide bonds. The Morgan fingerprint density at radius 3 is 2.73 bits per heavy atom. The van der Waals surface area contributed by atoms with E-state index in [1.165, 1.54) is 5.56 Å². The number of anilines is 1. The van der Waals surface area contributed by atoms with Gasteiger partial charge in [-0.25, -0.2) is 0 Å². The van der Waals surface area contributed by atoms with Gasteiger partial charge in [-0.2, -0.15) is 0 Å². The highest BCUT2D eigenvalue weighted by Crippen LogP contribution is 2.22. The third kappa shape index (κ3) is 3.28. The zero-order valence-corrected chi connectivity index (χ0v) is 10.8. The molecule has 0 fully saturated rings. The molecular weight excluding hydrogens is 250 g/mol. The number of halogens is 1. The SMILES string of the molecule is C#CC(CC)Nc1ccc(Br)cc1CC. The average molecular weight is 266 g/mol. The van der Waals surface area contributed by atoms with Crippen LogP contribution in [0.5, 0.6) is 0 Å². The van der Waals surface area contributed by atoms with Crippen LogP contribution in [-0.4, -0.2) is 6.04 Å². The molecule has 1 aromatic carbocycles. The molecule has 1 N–H and O–H groups in total. The molecule has 1 nitrogen and oxygen atoms in total. The summed E-state index contributed by atoms with van der Waals surface area (Å²) >= 11 is 3.47. The molecule has 0 radical (unpaired) electrons. The molecule has 0 aliphatic heterocycles. The van der Waals surface area contributed by atoms with Gasteiger partial charge in [0.1, 0.15) is 0 Å². The predicted octanol–water partition coefficient (Wildman–Crippen LogP) is 3.84. The summed E-state index contributed by atoms with van der Waals surface area (Å²) in [5, 5.41) is 3.37. The Balaban J connectivity index is 2.89. The van der Waals surface area contributed by atoms with Gasteiger partial charge in [0.05, 0.1) is 6.04 Å². The van der Waals surface area contributed by atoms with Crippen LogP contribution in [0.1, 0.15) is 25.8 Å². The van der Waals surface area contributed by atoms with Crippen LogP contribution in [0.3, 0.4) is 0 Å². The van der Waals surface area contributed by atoms with Crippen molar-refractivity contribution in [1.82, 2.24) is 0 Å². The molecule has 2 heteroatoms. The molecule has 1 rings (SSSR count). The molecule has 0 aromatic heterocycles. The van der Waals surface area contributed by atoms with E-state index < -0.39 is 0 Å². The first-order chi connectivity index (χ1) is 7.21. The molecule has 1 atom stereocenters. The smallest absolute Gasteiger partial charge is 0.0871 e. The Bertz CT molecular complexity index is 365. The average Bonchev–Trinajstić information content (AvgIpc) is 2.27. The van der Waals surface area contributed by atoms with Crippen LogP contribution in [0.25, 0.3) is 0 Å². The minimum Gasteiger partial charge on any atom is -0.371 e. The number of hydrogen-bond donors (Lipinski definition) is 1. The second-order valence-corrected chi connectivity index (χ2v) is 4.34. The Hall–Kier alpha value is -0.940. The highest BCUT2D eigenvalue weighted by Gasteiger charge is 2.05. The van der Waals surface area contributed by atoms with Crippen molar-refractivity contribution in [2.45, 2.75) is 32.7 Å². The number of nitrogens with one attached hydrogen (secondary N) is 1. The summed E-state index contributed by atoms with van der Waals surface area (Å²) < 4.78 is 1.11. The topological polar surface area (TPSA) is 12.0 Å². The molecule has 0 aliphatic rings. The summed E-state index contributed by atoms with van der Waals surface area (Å²) in [6.45, 7) is 4.23. The van der Waals surface area contributed by atoms with Gasteiger partial charge < -0.3 is 5.32 Å². The fourth-order valence-electron chi connectivity index (χ4n) is 1.44. The fraction of sp³-hybridized carbons (Fsp3) is 0.385. The van der Waals surface area contributed by atoms with Gasteiger partial charge in [-0.1, -0.05) is 35.7 Å². The van der Waals surface area contributed by atoms with Gasteiger partial charge in [0.25, 0.3) is 0 Å². The summed E-state index contributed by atoms with van der Waals surface area (Å²) in [5.74, 6) is 2.74. The molecule has 15 heavy (non-hydrogen) atoms. The quantitative estimate of drug-likeness (QED) is 0.816. The normalized spacial score (nSPS) is 11.9. The van der Waals surface area contributed by atoms with Gasteiger partial charge in [0.15, 0.2) is 0 Å². The monoisotopic (exact) mass is 265 g/mol. The molecule has 80 valence electrons. The summed E-state index contributed by atoms with van der Waals surface area (Å²) in [6, 6.07) is 6.36. The first kappa shape index (κ1) is 12.1. The van der Waals surface area contributed by atoms with E-state index in [1.54, 1.807) is 0 Å². The van der Waals surface area contributed by atoms with E-state index in [0.29, 0.717) is 0 Å². The number of rotatable bonds is 4. The molecule has 1 aromatic rings. The Kier molecular flexibility index (Phi) is 4.71. The van der Waals surface area contributed by atoms with Crippen LogP contribution in [0.4, 0.5) is 5.69 Å². The second kappa shape index (κ2) is 5.82. The number of aryl methyl sites for hydroxylation is 1. The van der Waals surface area contributed by atoms with Gasteiger partial charge in [-0.05, 0) is 36.6 Å². The van der Waals surface area contributed by atoms with Crippen molar-refractivity contribution < 1.29 is 0 Å². The first-order valence-corrected chi connectivity index (χ1v) is 6.01. The molecule has 0 saturated heterocycles. The van der Waals surface area contributed by atoms with Crippen LogP contribution in [0, 0.1) is 12.3 Å². The summed E-state index contributed by atoms with van der Waals surface area (Å²) in [6.07, 6.45) is 7.37. The largest absolute Gasteiger partial charge is 0.371 e. The number of benzene rings is 1. The van der Waals surface area contributed by atoms with Crippen LogP contribution in [0.2, 0.25) is 0 Å². The van der Waals surface area contributed by atoms with Crippen LogP contribution in [-0.2, 0) is 6.42 Å². The van der Waals surface area contributed by atoms with Crippen molar-refractivity contribution in [1.29, 1.82) is 0 Å². The van der Waals surface area contributed by atoms with E-state index in [4.69, 9.17) is 6.42 Å². The minimum atomic E-state index is 0.122. The maximum absolute atomic E-state index is 5.43. The van der Waals surface area contributed by atoms with Crippen molar-refractivity contribution in [3.05, 3.63) is 28.2 Å². The molecule has 1 unspecified atom stereocenters. The van der Waals surface area contributed by atoms with Crippen molar-refractivity contribution in [2.75, 3.05) is 5.32 Å². The Morgan fingerprint density at radius 1 is 1.47 bits per heavy atom. The highest BCUT2D eigenvalue weighted by molar-refractivity contribution is 9.10. The highest BCUT2D eigenvalue weighted by atomic mass is 79.9. The van der Waals surface area contributed by atoms with Gasteiger partial charge in [-0.15, -0.1) is 6.42 Å². The summed E-state index contributed by atoms with van der Waals surface area (Å²) in [4.78, 5) is 0. The molecule has 0 heterocycles. The van der Waals surface area contributed by atoms with E-state index in [0.717, 1.165) is 23.0 Å². The van der Waals surface area contributed by atoms with E-state index in [1.807, 2.05) is 6.07 Å². The lowest BCUT2D eigenvalue weighted by Crippen LogP contribution is -2.16. The molecule has 0 spiro atoms. The summed E-state index contributed by atoms with van der Waals surface area (Å²) in [5.41, 5.74) is 2.43. The van der Waals surface area contributed by atoms with Gasteiger partial charge in [-0.3, -0.25) is 0 Å². The fourth-order valence-corrected chi connectivity index (χ4v) is 1.85. The molecule has 0 saturated carbocycles. The first-order valence-electron chi connectivity index (χ1n) is 5.22. The van der Waals surface area contributed by atoms with E-state index in [9.17, 15) is 0 Å². The third-order valence-corrected chi connectivity index (χ3v) is 2.88. The third-order valence-electron chi connectivity index (χ3n) is 2.39. The van der Waals surface area contributed by atoms with Gasteiger partial charge >= 0.3 is 0 Å². The standard InChI is InChI=1S/C13H16BrN/c1-4-10-9-11(14)7-8-13(10)15-12(5-2)6-3/h2,7-9,12,15H,4,6H2,1,3H3. The van der Waals surface area contributed by atoms with Crippen LogP contribution < -0.4 is 5.32 Å². The van der Waals surface area contributed by atoms with Gasteiger partial charge in [0.2, 0.25) is 0 Å². The van der Waals surface area contributed by atoms with Crippen LogP contribution in [0.15, 0.2) is 22.7 Å².